The van der Waals surface area contributed by atoms with Crippen molar-refractivity contribution in [2.45, 2.75) is 6.61 Å². The van der Waals surface area contributed by atoms with Gasteiger partial charge in [-0.3, -0.25) is 0 Å². The molecule has 0 saturated heterocycles. The molecule has 8 heteroatoms. The number of hydrogen-bond acceptors (Lipinski definition) is 6. The molecule has 0 radical (unpaired) electrons. The van der Waals surface area contributed by atoms with E-state index >= 15 is 0 Å². The van der Waals surface area contributed by atoms with E-state index in [0.29, 0.717) is 11.1 Å². The lowest BCUT2D eigenvalue weighted by atomic mass is 10.1. The van der Waals surface area contributed by atoms with Crippen molar-refractivity contribution in [1.29, 1.82) is 5.26 Å². The highest BCUT2D eigenvalue weighted by Gasteiger charge is 2.18. The largest absolute Gasteiger partial charge is 0.488 e. The average molecular weight is 353 g/mol. The lowest BCUT2D eigenvalue weighted by molar-refractivity contribution is 0.305. The molecule has 0 atom stereocenters. The highest BCUT2D eigenvalue weighted by atomic mass is 19.1. The van der Waals surface area contributed by atoms with Crippen molar-refractivity contribution in [1.82, 2.24) is 9.97 Å². The van der Waals surface area contributed by atoms with Crippen molar-refractivity contribution < 1.29 is 13.5 Å². The van der Waals surface area contributed by atoms with E-state index in [1.165, 1.54) is 24.3 Å². The van der Waals surface area contributed by atoms with Gasteiger partial charge < -0.3 is 16.2 Å². The molecule has 2 aromatic carbocycles. The fourth-order valence-corrected chi connectivity index (χ4v) is 2.40. The van der Waals surface area contributed by atoms with Crippen LogP contribution in [0.5, 0.6) is 5.75 Å². The van der Waals surface area contributed by atoms with E-state index in [4.69, 9.17) is 16.2 Å². The Bertz CT molecular complexity index is 1020. The van der Waals surface area contributed by atoms with Crippen LogP contribution in [0.4, 0.5) is 20.5 Å². The maximum absolute atomic E-state index is 13.7. The second kappa shape index (κ2) is 7.03. The molecule has 0 saturated carbocycles. The van der Waals surface area contributed by atoms with Crippen LogP contribution in [0.25, 0.3) is 11.3 Å². The number of anilines is 2. The van der Waals surface area contributed by atoms with Crippen molar-refractivity contribution in [2.75, 3.05) is 11.5 Å². The van der Waals surface area contributed by atoms with Crippen LogP contribution in [0.1, 0.15) is 11.1 Å². The van der Waals surface area contributed by atoms with E-state index in [-0.39, 0.29) is 35.4 Å². The Kier molecular flexibility index (Phi) is 4.62. The van der Waals surface area contributed by atoms with Gasteiger partial charge in [-0.15, -0.1) is 0 Å². The maximum Gasteiger partial charge on any atom is 0.222 e. The minimum absolute atomic E-state index is 0.00131. The van der Waals surface area contributed by atoms with Crippen LogP contribution < -0.4 is 16.2 Å². The Morgan fingerprint density at radius 3 is 2.54 bits per heavy atom. The molecule has 0 aliphatic carbocycles. The van der Waals surface area contributed by atoms with Gasteiger partial charge in [-0.25, -0.2) is 13.8 Å². The first-order valence-electron chi connectivity index (χ1n) is 7.48. The summed E-state index contributed by atoms with van der Waals surface area (Å²) in [6.07, 6.45) is 0. The normalized spacial score (nSPS) is 10.3. The van der Waals surface area contributed by atoms with Gasteiger partial charge in [0.15, 0.2) is 0 Å². The van der Waals surface area contributed by atoms with Crippen LogP contribution in [0.3, 0.4) is 0 Å². The molecule has 0 fully saturated rings. The van der Waals surface area contributed by atoms with Gasteiger partial charge in [-0.1, -0.05) is 12.1 Å². The van der Waals surface area contributed by atoms with Crippen LogP contribution in [0, 0.1) is 23.0 Å². The second-order valence-corrected chi connectivity index (χ2v) is 5.36. The van der Waals surface area contributed by atoms with Gasteiger partial charge in [-0.05, 0) is 29.8 Å². The number of nitrogens with zero attached hydrogens (tertiary/aromatic N) is 3. The molecule has 0 aliphatic heterocycles. The van der Waals surface area contributed by atoms with Crippen LogP contribution in [-0.2, 0) is 6.61 Å². The van der Waals surface area contributed by atoms with Gasteiger partial charge >= 0.3 is 0 Å². The maximum atomic E-state index is 13.7. The molecule has 3 aromatic rings. The molecule has 4 N–H and O–H groups in total. The zero-order chi connectivity index (χ0) is 18.7. The fraction of sp³-hybridized carbons (Fsp3) is 0.0556. The first-order chi connectivity index (χ1) is 12.5. The lowest BCUT2D eigenvalue weighted by Gasteiger charge is -2.13. The third-order valence-electron chi connectivity index (χ3n) is 3.55. The van der Waals surface area contributed by atoms with Crippen LogP contribution in [0.2, 0.25) is 0 Å². The van der Waals surface area contributed by atoms with Crippen LogP contribution in [-0.4, -0.2) is 9.97 Å². The average Bonchev–Trinajstić information content (AvgIpc) is 2.59. The molecule has 26 heavy (non-hydrogen) atoms. The molecule has 0 amide bonds. The molecule has 0 bridgehead atoms. The molecule has 1 aromatic heterocycles. The summed E-state index contributed by atoms with van der Waals surface area (Å²) in [5.41, 5.74) is 12.3. The first kappa shape index (κ1) is 17.1. The molecule has 0 unspecified atom stereocenters. The van der Waals surface area contributed by atoms with Crippen molar-refractivity contribution >= 4 is 11.8 Å². The van der Waals surface area contributed by atoms with E-state index in [1.54, 1.807) is 12.1 Å². The number of benzene rings is 2. The van der Waals surface area contributed by atoms with Gasteiger partial charge in [0.05, 0.1) is 5.69 Å². The van der Waals surface area contributed by atoms with Gasteiger partial charge in [0, 0.05) is 11.6 Å². The number of ether oxygens (including phenoxy) is 1. The molecule has 3 rings (SSSR count). The summed E-state index contributed by atoms with van der Waals surface area (Å²) in [4.78, 5) is 7.78. The smallest absolute Gasteiger partial charge is 0.222 e. The highest BCUT2D eigenvalue weighted by molar-refractivity contribution is 5.77. The summed E-state index contributed by atoms with van der Waals surface area (Å²) in [6.45, 7) is -0.00779. The summed E-state index contributed by atoms with van der Waals surface area (Å²) in [5.74, 6) is -1.05. The zero-order valence-electron chi connectivity index (χ0n) is 13.4. The minimum Gasteiger partial charge on any atom is -0.488 e. The Hall–Kier alpha value is -3.73. The first-order valence-corrected chi connectivity index (χ1v) is 7.48. The predicted octanol–water partition coefficient (Wildman–Crippen LogP) is 3.04. The van der Waals surface area contributed by atoms with E-state index in [2.05, 4.69) is 9.97 Å². The molecule has 6 nitrogen and oxygen atoms in total. The number of aromatic nitrogens is 2. The van der Waals surface area contributed by atoms with Crippen molar-refractivity contribution in [3.8, 4) is 23.1 Å². The highest BCUT2D eigenvalue weighted by Crippen LogP contribution is 2.34. The zero-order valence-corrected chi connectivity index (χ0v) is 13.4. The van der Waals surface area contributed by atoms with Gasteiger partial charge in [0.1, 0.15) is 41.4 Å². The molecule has 1 heterocycles. The number of nitrogens with two attached hydrogens (primary N) is 2. The van der Waals surface area contributed by atoms with Crippen LogP contribution >= 0.6 is 0 Å². The molecule has 0 spiro atoms. The van der Waals surface area contributed by atoms with Gasteiger partial charge in [0.25, 0.3) is 0 Å². The minimum atomic E-state index is -0.545. The second-order valence-electron chi connectivity index (χ2n) is 5.36. The standard InChI is InChI=1S/C18H13F2N5O/c19-11-3-1-2-10(6-11)9-26-15-7-12(20)4-5-13(15)16-14(8-21)17(22)25-18(23)24-16/h1-7H,9H2,(H4,22,23,24,25). The number of hydrogen-bond donors (Lipinski definition) is 2. The summed E-state index contributed by atoms with van der Waals surface area (Å²) in [7, 11) is 0. The summed E-state index contributed by atoms with van der Waals surface area (Å²) in [6, 6.07) is 11.5. The number of rotatable bonds is 4. The van der Waals surface area contributed by atoms with Gasteiger partial charge in [-0.2, -0.15) is 10.2 Å². The summed E-state index contributed by atoms with van der Waals surface area (Å²) < 4.78 is 32.6. The Balaban J connectivity index is 2.03. The number of nitriles is 1. The topological polar surface area (TPSA) is 111 Å². The van der Waals surface area contributed by atoms with Crippen LogP contribution in [0.15, 0.2) is 42.5 Å². The van der Waals surface area contributed by atoms with E-state index in [1.807, 2.05) is 6.07 Å². The molecule has 0 aliphatic rings. The van der Waals surface area contributed by atoms with Crippen molar-refractivity contribution in [2.24, 2.45) is 0 Å². The Labute approximate surface area is 147 Å². The SMILES string of the molecule is N#Cc1c(N)nc(N)nc1-c1ccc(F)cc1OCc1cccc(F)c1. The summed E-state index contributed by atoms with van der Waals surface area (Å²) in [5, 5.41) is 9.33. The number of halogens is 2. The van der Waals surface area contributed by atoms with Crippen molar-refractivity contribution in [3.63, 3.8) is 0 Å². The fourth-order valence-electron chi connectivity index (χ4n) is 2.40. The third kappa shape index (κ3) is 3.52. The quantitative estimate of drug-likeness (QED) is 0.746. The number of nitrogen functional groups attached to an aromatic ring is 2. The van der Waals surface area contributed by atoms with E-state index < -0.39 is 11.6 Å². The van der Waals surface area contributed by atoms with Crippen molar-refractivity contribution in [3.05, 3.63) is 65.2 Å². The third-order valence-corrected chi connectivity index (χ3v) is 3.55. The van der Waals surface area contributed by atoms with Gasteiger partial charge in [0.2, 0.25) is 5.95 Å². The Morgan fingerprint density at radius 2 is 1.81 bits per heavy atom. The summed E-state index contributed by atoms with van der Waals surface area (Å²) >= 11 is 0. The predicted molar refractivity (Wildman–Crippen MR) is 91.7 cm³/mol. The molecular weight excluding hydrogens is 340 g/mol. The van der Waals surface area contributed by atoms with E-state index in [9.17, 15) is 14.0 Å². The monoisotopic (exact) mass is 353 g/mol. The molecule has 130 valence electrons. The Morgan fingerprint density at radius 1 is 1.04 bits per heavy atom. The molecular formula is C18H13F2N5O. The lowest BCUT2D eigenvalue weighted by Crippen LogP contribution is -2.06. The van der Waals surface area contributed by atoms with E-state index in [0.717, 1.165) is 6.07 Å².